The van der Waals surface area contributed by atoms with Gasteiger partial charge in [0, 0.05) is 36.9 Å². The molecule has 22 heavy (non-hydrogen) atoms. The number of hydrogen-bond acceptors (Lipinski definition) is 3. The molecule has 1 amide bonds. The predicted molar refractivity (Wildman–Crippen MR) is 87.7 cm³/mol. The number of pyridine rings is 1. The second kappa shape index (κ2) is 5.60. The zero-order chi connectivity index (χ0) is 15.7. The summed E-state index contributed by atoms with van der Waals surface area (Å²) < 4.78 is 2.06. The van der Waals surface area contributed by atoms with E-state index >= 15 is 0 Å². The average Bonchev–Trinajstić information content (AvgIpc) is 2.94. The predicted octanol–water partition coefficient (Wildman–Crippen LogP) is 3.39. The van der Waals surface area contributed by atoms with Crippen molar-refractivity contribution >= 4 is 22.5 Å². The Morgan fingerprint density at radius 1 is 1.32 bits per heavy atom. The minimum Gasteiger partial charge on any atom is -0.330 e. The van der Waals surface area contributed by atoms with E-state index in [-0.39, 0.29) is 5.91 Å². The molecule has 1 aromatic carbocycles. The van der Waals surface area contributed by atoms with Crippen LogP contribution in [0.25, 0.3) is 22.4 Å². The van der Waals surface area contributed by atoms with E-state index in [1.165, 1.54) is 6.92 Å². The van der Waals surface area contributed by atoms with Crippen molar-refractivity contribution in [1.82, 2.24) is 14.5 Å². The van der Waals surface area contributed by atoms with Crippen LogP contribution in [0.5, 0.6) is 0 Å². The van der Waals surface area contributed by atoms with Gasteiger partial charge in [-0.1, -0.05) is 6.07 Å². The number of fused-ring (bicyclic) bond motifs is 1. The van der Waals surface area contributed by atoms with Gasteiger partial charge in [0.1, 0.15) is 5.69 Å². The lowest BCUT2D eigenvalue weighted by Crippen LogP contribution is -2.05. The molecule has 0 saturated carbocycles. The standard InChI is InChI=1S/C17H18N4O/c1-4-21-8-7-18-17(21)16-9-11(2)14-6-5-13(19-12(3)22)10-15(14)20-16/h5-10H,4H2,1-3H3,(H,19,22). The Kier molecular flexibility index (Phi) is 3.63. The minimum atomic E-state index is -0.0891. The van der Waals surface area contributed by atoms with Crippen LogP contribution in [-0.4, -0.2) is 20.4 Å². The molecule has 2 aromatic heterocycles. The molecule has 0 spiro atoms. The van der Waals surface area contributed by atoms with Gasteiger partial charge in [0.05, 0.1) is 5.52 Å². The van der Waals surface area contributed by atoms with Crippen LogP contribution >= 0.6 is 0 Å². The number of nitrogens with one attached hydrogen (secondary N) is 1. The molecule has 2 heterocycles. The third-order valence-corrected chi connectivity index (χ3v) is 3.62. The molecular weight excluding hydrogens is 276 g/mol. The monoisotopic (exact) mass is 294 g/mol. The Labute approximate surface area is 129 Å². The molecular formula is C17H18N4O. The fraction of sp³-hybridized carbons (Fsp3) is 0.235. The Morgan fingerprint density at radius 3 is 2.86 bits per heavy atom. The number of hydrogen-bond donors (Lipinski definition) is 1. The summed E-state index contributed by atoms with van der Waals surface area (Å²) >= 11 is 0. The highest BCUT2D eigenvalue weighted by atomic mass is 16.1. The van der Waals surface area contributed by atoms with Gasteiger partial charge >= 0.3 is 0 Å². The number of anilines is 1. The number of rotatable bonds is 3. The SMILES string of the molecule is CCn1ccnc1-c1cc(C)c2ccc(NC(C)=O)cc2n1. The van der Waals surface area contributed by atoms with Crippen LogP contribution in [-0.2, 0) is 11.3 Å². The van der Waals surface area contributed by atoms with E-state index in [0.717, 1.165) is 40.2 Å². The Morgan fingerprint density at radius 2 is 2.14 bits per heavy atom. The molecule has 3 rings (SSSR count). The summed E-state index contributed by atoms with van der Waals surface area (Å²) in [6.45, 7) is 6.48. The van der Waals surface area contributed by atoms with Gasteiger partial charge < -0.3 is 9.88 Å². The van der Waals surface area contributed by atoms with Crippen molar-refractivity contribution in [3.63, 3.8) is 0 Å². The van der Waals surface area contributed by atoms with E-state index in [1.807, 2.05) is 24.4 Å². The number of aryl methyl sites for hydroxylation is 2. The summed E-state index contributed by atoms with van der Waals surface area (Å²) in [7, 11) is 0. The number of benzene rings is 1. The number of carbonyl (C=O) groups is 1. The molecule has 3 aromatic rings. The normalized spacial score (nSPS) is 10.9. The molecule has 1 N–H and O–H groups in total. The Hall–Kier alpha value is -2.69. The molecule has 0 saturated heterocycles. The van der Waals surface area contributed by atoms with Crippen LogP contribution < -0.4 is 5.32 Å². The van der Waals surface area contributed by atoms with E-state index in [1.54, 1.807) is 6.20 Å². The van der Waals surface area contributed by atoms with Crippen molar-refractivity contribution in [1.29, 1.82) is 0 Å². The van der Waals surface area contributed by atoms with Gasteiger partial charge in [-0.05, 0) is 37.6 Å². The van der Waals surface area contributed by atoms with Gasteiger partial charge in [0.25, 0.3) is 0 Å². The van der Waals surface area contributed by atoms with E-state index < -0.39 is 0 Å². The fourth-order valence-corrected chi connectivity index (χ4v) is 2.60. The van der Waals surface area contributed by atoms with Gasteiger partial charge in [-0.15, -0.1) is 0 Å². The van der Waals surface area contributed by atoms with E-state index in [0.29, 0.717) is 0 Å². The van der Waals surface area contributed by atoms with Gasteiger partial charge in [-0.25, -0.2) is 9.97 Å². The van der Waals surface area contributed by atoms with Crippen molar-refractivity contribution in [3.05, 3.63) is 42.2 Å². The van der Waals surface area contributed by atoms with Crippen LogP contribution in [0.2, 0.25) is 0 Å². The maximum Gasteiger partial charge on any atom is 0.221 e. The molecule has 0 unspecified atom stereocenters. The lowest BCUT2D eigenvalue weighted by molar-refractivity contribution is -0.114. The largest absolute Gasteiger partial charge is 0.330 e. The lowest BCUT2D eigenvalue weighted by Gasteiger charge is -2.09. The van der Waals surface area contributed by atoms with E-state index in [9.17, 15) is 4.79 Å². The molecule has 0 radical (unpaired) electrons. The van der Waals surface area contributed by atoms with Crippen molar-refractivity contribution in [2.75, 3.05) is 5.32 Å². The van der Waals surface area contributed by atoms with Crippen molar-refractivity contribution < 1.29 is 4.79 Å². The molecule has 5 nitrogen and oxygen atoms in total. The minimum absolute atomic E-state index is 0.0891. The third-order valence-electron chi connectivity index (χ3n) is 3.62. The highest BCUT2D eigenvalue weighted by Gasteiger charge is 2.10. The number of aromatic nitrogens is 3. The van der Waals surface area contributed by atoms with Gasteiger partial charge in [-0.2, -0.15) is 0 Å². The molecule has 0 aliphatic carbocycles. The summed E-state index contributed by atoms with van der Waals surface area (Å²) in [4.78, 5) is 20.3. The van der Waals surface area contributed by atoms with Gasteiger partial charge in [0.15, 0.2) is 5.82 Å². The van der Waals surface area contributed by atoms with E-state index in [4.69, 9.17) is 4.98 Å². The summed E-state index contributed by atoms with van der Waals surface area (Å²) in [5.74, 6) is 0.770. The van der Waals surface area contributed by atoms with Crippen LogP contribution in [0.3, 0.4) is 0 Å². The maximum absolute atomic E-state index is 11.2. The summed E-state index contributed by atoms with van der Waals surface area (Å²) in [6.07, 6.45) is 3.73. The summed E-state index contributed by atoms with van der Waals surface area (Å²) in [6, 6.07) is 7.82. The Balaban J connectivity index is 2.15. The van der Waals surface area contributed by atoms with E-state index in [2.05, 4.69) is 34.8 Å². The summed E-state index contributed by atoms with van der Waals surface area (Å²) in [5.41, 5.74) is 3.59. The topological polar surface area (TPSA) is 59.8 Å². The number of carbonyl (C=O) groups excluding carboxylic acids is 1. The molecule has 0 aliphatic rings. The second-order valence-corrected chi connectivity index (χ2v) is 5.27. The van der Waals surface area contributed by atoms with Crippen LogP contribution in [0.15, 0.2) is 36.7 Å². The van der Waals surface area contributed by atoms with Crippen LogP contribution in [0, 0.1) is 6.92 Å². The average molecular weight is 294 g/mol. The van der Waals surface area contributed by atoms with Gasteiger partial charge in [0.2, 0.25) is 5.91 Å². The van der Waals surface area contributed by atoms with Crippen LogP contribution in [0.1, 0.15) is 19.4 Å². The highest BCUT2D eigenvalue weighted by molar-refractivity contribution is 5.93. The first-order valence-corrected chi connectivity index (χ1v) is 7.29. The highest BCUT2D eigenvalue weighted by Crippen LogP contribution is 2.25. The molecule has 5 heteroatoms. The number of amides is 1. The van der Waals surface area contributed by atoms with Gasteiger partial charge in [-0.3, -0.25) is 4.79 Å². The number of nitrogens with zero attached hydrogens (tertiary/aromatic N) is 3. The zero-order valence-corrected chi connectivity index (χ0v) is 12.9. The second-order valence-electron chi connectivity index (χ2n) is 5.27. The quantitative estimate of drug-likeness (QED) is 0.805. The van der Waals surface area contributed by atoms with Crippen molar-refractivity contribution in [3.8, 4) is 11.5 Å². The molecule has 0 atom stereocenters. The molecule has 112 valence electrons. The Bertz CT molecular complexity index is 851. The molecule has 0 bridgehead atoms. The maximum atomic E-state index is 11.2. The van der Waals surface area contributed by atoms with Crippen molar-refractivity contribution in [2.45, 2.75) is 27.3 Å². The first-order chi connectivity index (χ1) is 10.6. The first kappa shape index (κ1) is 14.3. The lowest BCUT2D eigenvalue weighted by atomic mass is 10.1. The fourth-order valence-electron chi connectivity index (χ4n) is 2.60. The molecule has 0 fully saturated rings. The third kappa shape index (κ3) is 2.57. The van der Waals surface area contributed by atoms with Crippen molar-refractivity contribution in [2.24, 2.45) is 0 Å². The van der Waals surface area contributed by atoms with Crippen LogP contribution in [0.4, 0.5) is 5.69 Å². The first-order valence-electron chi connectivity index (χ1n) is 7.29. The molecule has 0 aliphatic heterocycles. The zero-order valence-electron chi connectivity index (χ0n) is 12.9. The summed E-state index contributed by atoms with van der Waals surface area (Å²) in [5, 5.41) is 3.87. The smallest absolute Gasteiger partial charge is 0.221 e. The number of imidazole rings is 1.